The summed E-state index contributed by atoms with van der Waals surface area (Å²) in [5, 5.41) is 2.44. The Morgan fingerprint density at radius 2 is 1.42 bits per heavy atom. The Bertz CT molecular complexity index is 2600. The zero-order valence-electron chi connectivity index (χ0n) is 34.9. The maximum absolute atomic E-state index is 6.06. The molecule has 0 radical (unpaired) electrons. The third-order valence-electron chi connectivity index (χ3n) is 10.5. The smallest absolute Gasteiger partial charge is 0.369 e. The maximum atomic E-state index is 6.06. The molecule has 0 fully saturated rings. The molecule has 0 aliphatic carbocycles. The van der Waals surface area contributed by atoms with Gasteiger partial charge in [-0.15, -0.1) is 0 Å². The van der Waals surface area contributed by atoms with Crippen LogP contribution in [0.25, 0.3) is 39.3 Å². The fraction of sp³-hybridized carbons (Fsp3) is 0.109. The first-order valence-corrected chi connectivity index (χ1v) is 19.8. The average molecular weight is 794 g/mol. The zero-order valence-corrected chi connectivity index (χ0v) is 38.1. The first kappa shape index (κ1) is 44.8. The number of fused-ring (bicyclic) bond motifs is 3. The van der Waals surface area contributed by atoms with E-state index < -0.39 is 0 Å². The van der Waals surface area contributed by atoms with Crippen molar-refractivity contribution < 1.29 is 51.4 Å². The molecule has 1 atom stereocenters. The van der Waals surface area contributed by atoms with E-state index in [4.69, 9.17) is 11.6 Å². The molecule has 0 amide bonds. The Hall–Kier alpha value is -5.33. The van der Waals surface area contributed by atoms with E-state index in [0.29, 0.717) is 6.42 Å². The number of nitrogens with zero attached hydrogens (tertiary/aromatic N) is 3. The molecule has 3 nitrogen and oxygen atoms in total. The number of para-hydroxylation sites is 2. The molecule has 6 rings (SSSR count). The third-order valence-corrected chi connectivity index (χ3v) is 10.5. The summed E-state index contributed by atoms with van der Waals surface area (Å²) in [4.78, 5) is 7.28. The van der Waals surface area contributed by atoms with Crippen LogP contribution in [0.2, 0.25) is 0 Å². The van der Waals surface area contributed by atoms with Gasteiger partial charge in [0, 0.05) is 34.9 Å². The topological polar surface area (TPSA) is 20.5 Å². The molecule has 1 heterocycles. The standard InChI is InChI=1S/C55H52N3.K/c1-8-23-44(36-38-48-29-22-34-54-55(48)51-32-20-21-33-53(51)58(54)49-30-18-13-19-31-49)40-50(24-9-2)57(7)42(5)35-37-45(10-3)52(39-41(4)46-25-14-11-15-26-46)56-43(6)47-27-16-12-17-28-47;/h2,8-38,41H,1,3,6,39-40H2,4-5,7H3;/q-1;+1/b38-36-,42-35+,44-23+,45-37+,50-24+,56-52?;. The van der Waals surface area contributed by atoms with Gasteiger partial charge in [0.2, 0.25) is 0 Å². The van der Waals surface area contributed by atoms with E-state index in [1.807, 2.05) is 54.6 Å². The first-order valence-electron chi connectivity index (χ1n) is 19.8. The second-order valence-electron chi connectivity index (χ2n) is 14.3. The van der Waals surface area contributed by atoms with Crippen molar-refractivity contribution in [1.29, 1.82) is 0 Å². The van der Waals surface area contributed by atoms with E-state index in [9.17, 15) is 0 Å². The number of benzene rings is 5. The molecule has 0 saturated heterocycles. The first-order chi connectivity index (χ1) is 28.3. The summed E-state index contributed by atoms with van der Waals surface area (Å²) in [7, 11) is 2.07. The van der Waals surface area contributed by atoms with Gasteiger partial charge in [0.25, 0.3) is 0 Å². The second kappa shape index (κ2) is 22.2. The normalized spacial score (nSPS) is 13.3. The quantitative estimate of drug-likeness (QED) is 0.0390. The summed E-state index contributed by atoms with van der Waals surface area (Å²) in [5.41, 5.74) is 12.6. The van der Waals surface area contributed by atoms with Crippen LogP contribution in [0, 0.1) is 6.58 Å². The summed E-state index contributed by atoms with van der Waals surface area (Å²) >= 11 is 0. The van der Waals surface area contributed by atoms with Gasteiger partial charge < -0.3 is 9.47 Å². The van der Waals surface area contributed by atoms with Crippen molar-refractivity contribution in [2.45, 2.75) is 32.6 Å². The van der Waals surface area contributed by atoms with E-state index in [1.54, 1.807) is 6.08 Å². The number of hydrogen-bond acceptors (Lipinski definition) is 2. The van der Waals surface area contributed by atoms with Crippen LogP contribution in [0.1, 0.15) is 49.3 Å². The van der Waals surface area contributed by atoms with Crippen LogP contribution in [-0.2, 0) is 0 Å². The molecule has 59 heavy (non-hydrogen) atoms. The van der Waals surface area contributed by atoms with Crippen molar-refractivity contribution in [2.75, 3.05) is 7.05 Å². The molecule has 6 aromatic rings. The molecule has 0 N–H and O–H groups in total. The molecule has 288 valence electrons. The number of aliphatic imine (C=N–C) groups is 1. The SMILES string of the molecule is [CH-]=C/C=C(\CC(/C=C\c1cccc2c1c1ccccc1n2-c1ccccc1)=C/C=C)N(C)/C(C)=C/C=C(\C=C)C(CC(C)c1ccccc1)=NC(=C)c1ccccc1.[K+]. The van der Waals surface area contributed by atoms with E-state index in [-0.39, 0.29) is 57.3 Å². The Labute approximate surface area is 394 Å². The Kier molecular flexibility index (Phi) is 16.8. The van der Waals surface area contributed by atoms with Gasteiger partial charge in [0.15, 0.2) is 0 Å². The van der Waals surface area contributed by atoms with Gasteiger partial charge in [-0.2, -0.15) is 6.08 Å². The maximum Gasteiger partial charge on any atom is 1.00 e. The Morgan fingerprint density at radius 3 is 2.10 bits per heavy atom. The Balaban J connectivity index is 0.00000661. The van der Waals surface area contributed by atoms with Crippen molar-refractivity contribution in [2.24, 2.45) is 4.99 Å². The van der Waals surface area contributed by atoms with E-state index >= 15 is 0 Å². The summed E-state index contributed by atoms with van der Waals surface area (Å²) in [6, 6.07) is 46.3. The third kappa shape index (κ3) is 11.2. The van der Waals surface area contributed by atoms with Gasteiger partial charge in [-0.1, -0.05) is 178 Å². The number of hydrogen-bond donors (Lipinski definition) is 0. The van der Waals surface area contributed by atoms with Crippen LogP contribution in [0.15, 0.2) is 229 Å². The monoisotopic (exact) mass is 793 g/mol. The molecular formula is C55H52KN3. The molecule has 0 aliphatic rings. The van der Waals surface area contributed by atoms with Gasteiger partial charge in [0.1, 0.15) is 0 Å². The van der Waals surface area contributed by atoms with Crippen LogP contribution in [0.5, 0.6) is 0 Å². The van der Waals surface area contributed by atoms with Gasteiger partial charge in [-0.25, -0.2) is 6.08 Å². The number of aromatic nitrogens is 1. The minimum atomic E-state index is 0. The summed E-state index contributed by atoms with van der Waals surface area (Å²) in [6.07, 6.45) is 19.3. The van der Waals surface area contributed by atoms with Crippen molar-refractivity contribution in [3.63, 3.8) is 0 Å². The second-order valence-corrected chi connectivity index (χ2v) is 14.3. The predicted molar refractivity (Wildman–Crippen MR) is 252 cm³/mol. The number of allylic oxidation sites excluding steroid dienone is 11. The summed E-state index contributed by atoms with van der Waals surface area (Å²) in [6.45, 7) is 23.0. The molecule has 0 spiro atoms. The predicted octanol–water partition coefficient (Wildman–Crippen LogP) is 11.4. The molecule has 0 bridgehead atoms. The van der Waals surface area contributed by atoms with Crippen molar-refractivity contribution in [3.05, 3.63) is 248 Å². The van der Waals surface area contributed by atoms with E-state index in [2.05, 4.69) is 178 Å². The largest absolute Gasteiger partial charge is 1.00 e. The van der Waals surface area contributed by atoms with Crippen LogP contribution in [-0.4, -0.2) is 22.2 Å². The van der Waals surface area contributed by atoms with Crippen LogP contribution in [0.4, 0.5) is 0 Å². The molecule has 1 unspecified atom stereocenters. The van der Waals surface area contributed by atoms with Crippen LogP contribution < -0.4 is 51.4 Å². The molecule has 0 aliphatic heterocycles. The molecule has 0 saturated carbocycles. The van der Waals surface area contributed by atoms with E-state index in [1.165, 1.54) is 27.4 Å². The van der Waals surface area contributed by atoms with Crippen LogP contribution in [0.3, 0.4) is 0 Å². The minimum absolute atomic E-state index is 0. The fourth-order valence-electron chi connectivity index (χ4n) is 7.28. The van der Waals surface area contributed by atoms with Gasteiger partial charge in [-0.3, -0.25) is 11.6 Å². The van der Waals surface area contributed by atoms with Gasteiger partial charge in [-0.05, 0) is 83.9 Å². The van der Waals surface area contributed by atoms with Crippen molar-refractivity contribution in [1.82, 2.24) is 9.47 Å². The average Bonchev–Trinajstić information content (AvgIpc) is 3.61. The molecule has 5 aromatic carbocycles. The molecule has 4 heteroatoms. The van der Waals surface area contributed by atoms with Crippen LogP contribution >= 0.6 is 0 Å². The molecular weight excluding hydrogens is 742 g/mol. The van der Waals surface area contributed by atoms with E-state index in [0.717, 1.165) is 57.2 Å². The zero-order chi connectivity index (χ0) is 40.9. The summed E-state index contributed by atoms with van der Waals surface area (Å²) < 4.78 is 2.34. The molecule has 1 aromatic heterocycles. The van der Waals surface area contributed by atoms with Crippen molar-refractivity contribution >= 4 is 39.3 Å². The van der Waals surface area contributed by atoms with Gasteiger partial charge in [0.05, 0.1) is 16.7 Å². The summed E-state index contributed by atoms with van der Waals surface area (Å²) in [5.74, 6) is 0.242. The fourth-order valence-corrected chi connectivity index (χ4v) is 7.28. The van der Waals surface area contributed by atoms with Crippen molar-refractivity contribution in [3.8, 4) is 5.69 Å². The Morgan fingerprint density at radius 1 is 0.780 bits per heavy atom. The minimum Gasteiger partial charge on any atom is -0.369 e. The van der Waals surface area contributed by atoms with Gasteiger partial charge >= 0.3 is 51.4 Å². The number of rotatable bonds is 17.